The van der Waals surface area contributed by atoms with Crippen molar-refractivity contribution in [2.24, 2.45) is 22.4 Å². The van der Waals surface area contributed by atoms with Crippen molar-refractivity contribution >= 4 is 22.9 Å². The standard InChI is InChI=1S/C23H24N2O2/c1-3-14-27-20-12-11-16-8-4-5-9-17(16)18(20)15-24-25-22(26)21-19-10-6-7-13-23(19,21)2/h1,4-5,8-9,11-12,15,19,21H,6-7,10,13-14H2,2H3,(H,25,26)/b24-15-/t19-,21+,23+/m0/s1. The normalized spacial score (nSPS) is 26.4. The molecule has 1 amide bonds. The second-order valence-corrected chi connectivity index (χ2v) is 7.76. The Labute approximate surface area is 160 Å². The highest BCUT2D eigenvalue weighted by Crippen LogP contribution is 2.66. The molecule has 4 heteroatoms. The highest BCUT2D eigenvalue weighted by Gasteiger charge is 2.64. The summed E-state index contributed by atoms with van der Waals surface area (Å²) in [4.78, 5) is 12.6. The lowest BCUT2D eigenvalue weighted by Crippen LogP contribution is -2.22. The summed E-state index contributed by atoms with van der Waals surface area (Å²) in [7, 11) is 0. The molecule has 0 unspecified atom stereocenters. The van der Waals surface area contributed by atoms with E-state index in [1.165, 1.54) is 12.8 Å². The first-order chi connectivity index (χ1) is 13.1. The smallest absolute Gasteiger partial charge is 0.244 e. The molecule has 0 spiro atoms. The molecule has 2 fully saturated rings. The summed E-state index contributed by atoms with van der Waals surface area (Å²) in [6.07, 6.45) is 11.8. The van der Waals surface area contributed by atoms with E-state index in [2.05, 4.69) is 23.4 Å². The molecule has 0 heterocycles. The number of carbonyl (C=O) groups excluding carboxylic acids is 1. The van der Waals surface area contributed by atoms with Crippen molar-refractivity contribution in [1.29, 1.82) is 0 Å². The number of fused-ring (bicyclic) bond motifs is 2. The van der Waals surface area contributed by atoms with Crippen molar-refractivity contribution < 1.29 is 9.53 Å². The first-order valence-corrected chi connectivity index (χ1v) is 9.56. The quantitative estimate of drug-likeness (QED) is 0.495. The molecule has 3 atom stereocenters. The molecule has 1 N–H and O–H groups in total. The van der Waals surface area contributed by atoms with Gasteiger partial charge in [0.05, 0.1) is 6.21 Å². The summed E-state index contributed by atoms with van der Waals surface area (Å²) in [6, 6.07) is 11.9. The number of rotatable bonds is 5. The molecule has 2 saturated carbocycles. The lowest BCUT2D eigenvalue weighted by atomic mass is 9.90. The summed E-state index contributed by atoms with van der Waals surface area (Å²) in [6.45, 7) is 2.43. The molecular formula is C23H24N2O2. The Morgan fingerprint density at radius 2 is 2.22 bits per heavy atom. The molecule has 2 aromatic rings. The maximum atomic E-state index is 12.6. The molecule has 4 nitrogen and oxygen atoms in total. The Bertz CT molecular complexity index is 943. The predicted octanol–water partition coefficient (Wildman–Crippen LogP) is 4.13. The third-order valence-electron chi connectivity index (χ3n) is 6.22. The number of nitrogens with one attached hydrogen (secondary N) is 1. The van der Waals surface area contributed by atoms with Gasteiger partial charge in [-0.1, -0.05) is 56.0 Å². The van der Waals surface area contributed by atoms with E-state index < -0.39 is 0 Å². The Hall–Kier alpha value is -2.80. The molecule has 2 aliphatic rings. The van der Waals surface area contributed by atoms with Gasteiger partial charge in [-0.2, -0.15) is 5.10 Å². The summed E-state index contributed by atoms with van der Waals surface area (Å²) in [5, 5.41) is 6.35. The maximum absolute atomic E-state index is 12.6. The average molecular weight is 360 g/mol. The minimum absolute atomic E-state index is 0.0342. The molecule has 27 heavy (non-hydrogen) atoms. The summed E-state index contributed by atoms with van der Waals surface area (Å²) in [5.74, 6) is 3.80. The van der Waals surface area contributed by atoms with Gasteiger partial charge in [-0.15, -0.1) is 6.42 Å². The fourth-order valence-electron chi connectivity index (χ4n) is 4.73. The van der Waals surface area contributed by atoms with Gasteiger partial charge < -0.3 is 4.74 Å². The molecule has 0 radical (unpaired) electrons. The topological polar surface area (TPSA) is 50.7 Å². The van der Waals surface area contributed by atoms with E-state index in [1.54, 1.807) is 6.21 Å². The van der Waals surface area contributed by atoms with Crippen molar-refractivity contribution in [3.63, 3.8) is 0 Å². The van der Waals surface area contributed by atoms with Gasteiger partial charge in [0.2, 0.25) is 5.91 Å². The summed E-state index contributed by atoms with van der Waals surface area (Å²) >= 11 is 0. The minimum atomic E-state index is 0.0342. The van der Waals surface area contributed by atoms with Gasteiger partial charge in [0, 0.05) is 11.5 Å². The van der Waals surface area contributed by atoms with Crippen molar-refractivity contribution in [3.8, 4) is 18.1 Å². The number of nitrogens with zero attached hydrogens (tertiary/aromatic N) is 1. The Morgan fingerprint density at radius 3 is 3.00 bits per heavy atom. The van der Waals surface area contributed by atoms with E-state index in [0.717, 1.165) is 29.2 Å². The fourth-order valence-corrected chi connectivity index (χ4v) is 4.73. The zero-order valence-corrected chi connectivity index (χ0v) is 15.6. The van der Waals surface area contributed by atoms with Crippen LogP contribution in [0.5, 0.6) is 5.75 Å². The van der Waals surface area contributed by atoms with Crippen LogP contribution in [0, 0.1) is 29.6 Å². The fraction of sp³-hybridized carbons (Fsp3) is 0.391. The number of benzene rings is 2. The molecule has 0 bridgehead atoms. The average Bonchev–Trinajstić information content (AvgIpc) is 3.32. The number of terminal acetylenes is 1. The van der Waals surface area contributed by atoms with E-state index >= 15 is 0 Å². The Kier molecular flexibility index (Phi) is 4.61. The zero-order chi connectivity index (χ0) is 18.9. The number of carbonyl (C=O) groups is 1. The SMILES string of the molecule is C#CCOc1ccc2ccccc2c1/C=N\NC(=O)[C@H]1[C@@H]2CCCC[C@]21C. The zero-order valence-electron chi connectivity index (χ0n) is 15.6. The molecule has 2 aromatic carbocycles. The molecule has 0 aliphatic heterocycles. The van der Waals surface area contributed by atoms with E-state index in [1.807, 2.05) is 36.4 Å². The maximum Gasteiger partial charge on any atom is 0.244 e. The monoisotopic (exact) mass is 360 g/mol. The van der Waals surface area contributed by atoms with Gasteiger partial charge in [-0.3, -0.25) is 4.79 Å². The molecule has 138 valence electrons. The summed E-state index contributed by atoms with van der Waals surface area (Å²) < 4.78 is 5.66. The molecule has 0 aromatic heterocycles. The van der Waals surface area contributed by atoms with Crippen LogP contribution < -0.4 is 10.2 Å². The van der Waals surface area contributed by atoms with Crippen LogP contribution in [-0.4, -0.2) is 18.7 Å². The number of hydrazone groups is 1. The van der Waals surface area contributed by atoms with Crippen LogP contribution in [0.25, 0.3) is 10.8 Å². The van der Waals surface area contributed by atoms with Crippen LogP contribution in [-0.2, 0) is 4.79 Å². The number of ether oxygens (including phenoxy) is 1. The van der Waals surface area contributed by atoms with Crippen LogP contribution >= 0.6 is 0 Å². The van der Waals surface area contributed by atoms with Gasteiger partial charge >= 0.3 is 0 Å². The highest BCUT2D eigenvalue weighted by atomic mass is 16.5. The molecular weight excluding hydrogens is 336 g/mol. The van der Waals surface area contributed by atoms with Crippen molar-refractivity contribution in [3.05, 3.63) is 42.0 Å². The van der Waals surface area contributed by atoms with Gasteiger partial charge in [-0.25, -0.2) is 5.43 Å². The molecule has 2 aliphatic carbocycles. The van der Waals surface area contributed by atoms with Gasteiger partial charge in [0.15, 0.2) is 0 Å². The van der Waals surface area contributed by atoms with Crippen LogP contribution in [0.15, 0.2) is 41.5 Å². The van der Waals surface area contributed by atoms with E-state index in [-0.39, 0.29) is 23.8 Å². The van der Waals surface area contributed by atoms with Crippen LogP contribution in [0.2, 0.25) is 0 Å². The Morgan fingerprint density at radius 1 is 1.37 bits per heavy atom. The van der Waals surface area contributed by atoms with Gasteiger partial charge in [-0.05, 0) is 41.0 Å². The second-order valence-electron chi connectivity index (χ2n) is 7.76. The van der Waals surface area contributed by atoms with Crippen molar-refractivity contribution in [2.45, 2.75) is 32.6 Å². The number of hydrogen-bond acceptors (Lipinski definition) is 3. The lowest BCUT2D eigenvalue weighted by molar-refractivity contribution is -0.123. The van der Waals surface area contributed by atoms with Gasteiger partial charge in [0.1, 0.15) is 12.4 Å². The third-order valence-corrected chi connectivity index (χ3v) is 6.22. The van der Waals surface area contributed by atoms with Crippen molar-refractivity contribution in [2.75, 3.05) is 6.61 Å². The number of hydrogen-bond donors (Lipinski definition) is 1. The van der Waals surface area contributed by atoms with E-state index in [4.69, 9.17) is 11.2 Å². The molecule has 4 rings (SSSR count). The van der Waals surface area contributed by atoms with Crippen LogP contribution in [0.4, 0.5) is 0 Å². The predicted molar refractivity (Wildman–Crippen MR) is 108 cm³/mol. The first kappa shape index (κ1) is 17.6. The number of amides is 1. The highest BCUT2D eigenvalue weighted by molar-refractivity contribution is 6.02. The van der Waals surface area contributed by atoms with Crippen LogP contribution in [0.3, 0.4) is 0 Å². The molecule has 0 saturated heterocycles. The lowest BCUT2D eigenvalue weighted by Gasteiger charge is -2.15. The first-order valence-electron chi connectivity index (χ1n) is 9.56. The largest absolute Gasteiger partial charge is 0.480 e. The van der Waals surface area contributed by atoms with E-state index in [0.29, 0.717) is 11.7 Å². The van der Waals surface area contributed by atoms with Crippen LogP contribution in [0.1, 0.15) is 38.2 Å². The second kappa shape index (κ2) is 7.08. The van der Waals surface area contributed by atoms with E-state index in [9.17, 15) is 4.79 Å². The summed E-state index contributed by atoms with van der Waals surface area (Å²) in [5.41, 5.74) is 3.76. The third kappa shape index (κ3) is 3.19. The van der Waals surface area contributed by atoms with Gasteiger partial charge in [0.25, 0.3) is 0 Å². The Balaban J connectivity index is 1.54. The van der Waals surface area contributed by atoms with Crippen molar-refractivity contribution in [1.82, 2.24) is 5.43 Å². The minimum Gasteiger partial charge on any atom is -0.480 e.